The van der Waals surface area contributed by atoms with Crippen molar-refractivity contribution in [2.45, 2.75) is 55.8 Å². The number of hydrogen-bond donors (Lipinski definition) is 2. The SMILES string of the molecule is C=CC1CC1(C(=O)O)[N+]1(C(=O)[C@H](c2ccccc2)N2CCCCC2)C[C@H](Oc2cc(-c3ccccc3)nc3cc(OC)ccc23)C[C@H]1C(N)=O. The van der Waals surface area contributed by atoms with Crippen LogP contribution in [0.15, 0.2) is 97.6 Å². The molecular formula is C40H43N4O6+. The number of nitrogens with zero attached hydrogens (tertiary/aromatic N) is 3. The summed E-state index contributed by atoms with van der Waals surface area (Å²) >= 11 is 0. The molecule has 0 spiro atoms. The second-order valence-electron chi connectivity index (χ2n) is 13.7. The molecule has 258 valence electrons. The molecule has 1 aliphatic carbocycles. The van der Waals surface area contributed by atoms with Crippen LogP contribution in [0.2, 0.25) is 0 Å². The summed E-state index contributed by atoms with van der Waals surface area (Å²) in [7, 11) is 1.59. The van der Waals surface area contributed by atoms with E-state index in [0.717, 1.165) is 35.8 Å². The number of piperidine rings is 1. The average molecular weight is 676 g/mol. The molecule has 3 aromatic carbocycles. The van der Waals surface area contributed by atoms with Gasteiger partial charge in [-0.05, 0) is 43.6 Å². The Hall–Kier alpha value is -5.06. The molecule has 3 aliphatic rings. The molecule has 1 aromatic heterocycles. The second kappa shape index (κ2) is 13.3. The fourth-order valence-corrected chi connectivity index (χ4v) is 8.56. The van der Waals surface area contributed by atoms with E-state index in [2.05, 4.69) is 11.5 Å². The molecule has 10 heteroatoms. The Morgan fingerprint density at radius 2 is 1.72 bits per heavy atom. The molecular weight excluding hydrogens is 632 g/mol. The van der Waals surface area contributed by atoms with Crippen LogP contribution in [0.1, 0.15) is 43.7 Å². The molecule has 3 fully saturated rings. The van der Waals surface area contributed by atoms with Crippen LogP contribution in [0.5, 0.6) is 11.5 Å². The van der Waals surface area contributed by atoms with Crippen LogP contribution < -0.4 is 15.2 Å². The maximum Gasteiger partial charge on any atom is 0.366 e. The molecule has 7 rings (SSSR count). The van der Waals surface area contributed by atoms with Gasteiger partial charge in [0.15, 0.2) is 18.2 Å². The number of aromatic nitrogens is 1. The van der Waals surface area contributed by atoms with E-state index in [9.17, 15) is 14.7 Å². The predicted molar refractivity (Wildman–Crippen MR) is 189 cm³/mol. The van der Waals surface area contributed by atoms with Gasteiger partial charge in [0.05, 0.1) is 30.7 Å². The molecule has 1 saturated carbocycles. The lowest BCUT2D eigenvalue weighted by Gasteiger charge is -2.45. The van der Waals surface area contributed by atoms with Gasteiger partial charge in [-0.1, -0.05) is 73.2 Å². The summed E-state index contributed by atoms with van der Waals surface area (Å²) in [5.41, 5.74) is 7.56. The number of quaternary nitrogens is 1. The minimum Gasteiger partial charge on any atom is -0.497 e. The first kappa shape index (κ1) is 33.4. The molecule has 3 unspecified atom stereocenters. The van der Waals surface area contributed by atoms with Crippen LogP contribution in [0.4, 0.5) is 0 Å². The Labute approximate surface area is 291 Å². The molecule has 2 aliphatic heterocycles. The monoisotopic (exact) mass is 675 g/mol. The van der Waals surface area contributed by atoms with Crippen LogP contribution >= 0.6 is 0 Å². The van der Waals surface area contributed by atoms with Gasteiger partial charge in [0, 0.05) is 29.5 Å². The summed E-state index contributed by atoms with van der Waals surface area (Å²) < 4.78 is 11.7. The number of pyridine rings is 1. The Morgan fingerprint density at radius 1 is 1.02 bits per heavy atom. The van der Waals surface area contributed by atoms with Crippen LogP contribution in [0.25, 0.3) is 22.2 Å². The number of carboxylic acids is 1. The van der Waals surface area contributed by atoms with Gasteiger partial charge in [-0.15, -0.1) is 6.58 Å². The second-order valence-corrected chi connectivity index (χ2v) is 13.7. The van der Waals surface area contributed by atoms with E-state index in [-0.39, 0.29) is 25.3 Å². The molecule has 0 bridgehead atoms. The third kappa shape index (κ3) is 5.52. The molecule has 3 N–H and O–H groups in total. The summed E-state index contributed by atoms with van der Waals surface area (Å²) in [5, 5.41) is 11.7. The fourth-order valence-electron chi connectivity index (χ4n) is 8.56. The van der Waals surface area contributed by atoms with E-state index in [4.69, 9.17) is 20.2 Å². The quantitative estimate of drug-likeness (QED) is 0.157. The van der Waals surface area contributed by atoms with Gasteiger partial charge in [0.2, 0.25) is 5.54 Å². The van der Waals surface area contributed by atoms with Crippen molar-refractivity contribution < 1.29 is 33.4 Å². The summed E-state index contributed by atoms with van der Waals surface area (Å²) in [5.74, 6) is -1.58. The van der Waals surface area contributed by atoms with Crippen molar-refractivity contribution in [2.75, 3.05) is 26.7 Å². The summed E-state index contributed by atoms with van der Waals surface area (Å²) in [6, 6.07) is 24.7. The normalized spacial score (nSPS) is 26.9. The molecule has 0 radical (unpaired) electrons. The minimum absolute atomic E-state index is 0.0408. The molecule has 50 heavy (non-hydrogen) atoms. The zero-order valence-corrected chi connectivity index (χ0v) is 28.2. The van der Waals surface area contributed by atoms with Gasteiger partial charge < -0.3 is 20.3 Å². The number of rotatable bonds is 11. The van der Waals surface area contributed by atoms with Crippen LogP contribution in [0, 0.1) is 5.92 Å². The Morgan fingerprint density at radius 3 is 2.34 bits per heavy atom. The topological polar surface area (TPSA) is 132 Å². The van der Waals surface area contributed by atoms with Crippen molar-refractivity contribution in [2.24, 2.45) is 11.7 Å². The Bertz CT molecular complexity index is 1930. The highest BCUT2D eigenvalue weighted by Crippen LogP contribution is 2.59. The molecule has 2 saturated heterocycles. The molecule has 4 aromatic rings. The summed E-state index contributed by atoms with van der Waals surface area (Å²) in [4.78, 5) is 49.8. The van der Waals surface area contributed by atoms with Crippen molar-refractivity contribution in [3.8, 4) is 22.8 Å². The third-order valence-corrected chi connectivity index (χ3v) is 11.0. The van der Waals surface area contributed by atoms with Gasteiger partial charge >= 0.3 is 11.9 Å². The summed E-state index contributed by atoms with van der Waals surface area (Å²) in [6.07, 6.45) is 4.03. The largest absolute Gasteiger partial charge is 0.497 e. The molecule has 3 heterocycles. The van der Waals surface area contributed by atoms with Gasteiger partial charge in [0.25, 0.3) is 5.91 Å². The fraction of sp³-hybridized carbons (Fsp3) is 0.350. The predicted octanol–water partition coefficient (Wildman–Crippen LogP) is 5.52. The van der Waals surface area contributed by atoms with Gasteiger partial charge in [-0.2, -0.15) is 0 Å². The van der Waals surface area contributed by atoms with Crippen LogP contribution in [-0.2, 0) is 14.4 Å². The maximum absolute atomic E-state index is 15.6. The lowest BCUT2D eigenvalue weighted by atomic mass is 9.95. The number of carbonyl (C=O) groups is 3. The third-order valence-electron chi connectivity index (χ3n) is 11.0. The highest BCUT2D eigenvalue weighted by Gasteiger charge is 2.81. The molecule has 2 amide bonds. The highest BCUT2D eigenvalue weighted by molar-refractivity contribution is 5.92. The number of benzene rings is 3. The van der Waals surface area contributed by atoms with Crippen molar-refractivity contribution in [1.29, 1.82) is 0 Å². The zero-order valence-electron chi connectivity index (χ0n) is 28.2. The van der Waals surface area contributed by atoms with E-state index < -0.39 is 46.0 Å². The number of likely N-dealkylation sites (tertiary alicyclic amines) is 2. The van der Waals surface area contributed by atoms with E-state index in [0.29, 0.717) is 35.8 Å². The minimum atomic E-state index is -1.61. The van der Waals surface area contributed by atoms with Gasteiger partial charge in [-0.3, -0.25) is 9.69 Å². The van der Waals surface area contributed by atoms with Crippen molar-refractivity contribution in [3.05, 3.63) is 103 Å². The van der Waals surface area contributed by atoms with E-state index in [1.54, 1.807) is 13.2 Å². The van der Waals surface area contributed by atoms with Crippen LogP contribution in [0.3, 0.4) is 0 Å². The number of aliphatic carboxylic acids is 1. The lowest BCUT2D eigenvalue weighted by molar-refractivity contribution is -0.888. The number of methoxy groups -OCH3 is 1. The number of primary amides is 1. The number of carboxylic acid groups (broad SMARTS) is 1. The number of ether oxygens (including phenoxy) is 2. The Kier molecular flexibility index (Phi) is 8.92. The number of fused-ring (bicyclic) bond motifs is 1. The average Bonchev–Trinajstić information content (AvgIpc) is 3.79. The van der Waals surface area contributed by atoms with Crippen molar-refractivity contribution >= 4 is 28.7 Å². The molecule has 6 atom stereocenters. The highest BCUT2D eigenvalue weighted by atomic mass is 16.5. The van der Waals surface area contributed by atoms with Gasteiger partial charge in [0.1, 0.15) is 18.0 Å². The smallest absolute Gasteiger partial charge is 0.366 e. The maximum atomic E-state index is 15.6. The first-order valence-electron chi connectivity index (χ1n) is 17.3. The van der Waals surface area contributed by atoms with Crippen LogP contribution in [-0.4, -0.2) is 81.7 Å². The van der Waals surface area contributed by atoms with E-state index >= 15 is 4.79 Å². The van der Waals surface area contributed by atoms with Gasteiger partial charge in [-0.25, -0.2) is 19.1 Å². The Balaban J connectivity index is 1.37. The standard InChI is InChI=1S/C40H42N4O6/c1-3-28-24-40(28,39(47)48)44(38(46)36(27-15-9-5-10-16-27)43-19-11-6-12-20-43)25-30(22-34(44)37(41)45)50-35-23-32(26-13-7-4-8-14-26)42-33-21-29(49-2)17-18-31(33)35/h3-5,7-10,13-18,21,23,28,30,34,36H,1,6,11-12,19-20,22,24-25H2,2H3,(H2-,41,45,47,48)/p+1/t28?,30-,34+,36+,40?,44?/m1/s1. The van der Waals surface area contributed by atoms with E-state index in [1.807, 2.05) is 84.9 Å². The first-order valence-corrected chi connectivity index (χ1v) is 17.3. The zero-order chi connectivity index (χ0) is 35.0. The summed E-state index contributed by atoms with van der Waals surface area (Å²) in [6.45, 7) is 5.27. The number of amides is 2. The van der Waals surface area contributed by atoms with E-state index in [1.165, 1.54) is 0 Å². The lowest BCUT2D eigenvalue weighted by Crippen LogP contribution is -2.72. The number of carbonyl (C=O) groups excluding carboxylic acids is 2. The first-order chi connectivity index (χ1) is 24.2. The number of nitrogens with two attached hydrogens (primary N) is 1. The number of hydrogen-bond acceptors (Lipinski definition) is 7. The van der Waals surface area contributed by atoms with Crippen molar-refractivity contribution in [1.82, 2.24) is 9.88 Å². The van der Waals surface area contributed by atoms with Crippen molar-refractivity contribution in [3.63, 3.8) is 0 Å². The molecule has 10 nitrogen and oxygen atoms in total.